The van der Waals surface area contributed by atoms with Gasteiger partial charge in [0.25, 0.3) is 5.56 Å². The molecular weight excluding hydrogens is 376 g/mol. The average molecular weight is 393 g/mol. The fraction of sp³-hybridized carbons (Fsp3) is 0.353. The van der Waals surface area contributed by atoms with Gasteiger partial charge >= 0.3 is 0 Å². The zero-order valence-electron chi connectivity index (χ0n) is 14.2. The third-order valence-electron chi connectivity index (χ3n) is 3.56. The number of carbonyl (C=O) groups is 1. The van der Waals surface area contributed by atoms with Crippen LogP contribution < -0.4 is 5.56 Å². The van der Waals surface area contributed by atoms with Crippen molar-refractivity contribution in [3.63, 3.8) is 0 Å². The normalized spacial score (nSPS) is 13.2. The molecule has 0 aliphatic rings. The highest BCUT2D eigenvalue weighted by molar-refractivity contribution is 7.99. The Morgan fingerprint density at radius 3 is 2.81 bits per heavy atom. The molecule has 0 bridgehead atoms. The Morgan fingerprint density at radius 1 is 1.54 bits per heavy atom. The number of halogens is 1. The molecule has 1 aromatic carbocycles. The fourth-order valence-corrected chi connectivity index (χ4v) is 3.42. The number of nitriles is 1. The van der Waals surface area contributed by atoms with E-state index >= 15 is 0 Å². The van der Waals surface area contributed by atoms with Gasteiger partial charge in [-0.15, -0.1) is 0 Å². The van der Waals surface area contributed by atoms with Crippen molar-refractivity contribution in [1.29, 1.82) is 10.7 Å². The van der Waals surface area contributed by atoms with Crippen molar-refractivity contribution < 1.29 is 9.90 Å². The van der Waals surface area contributed by atoms with Gasteiger partial charge in [0.05, 0.1) is 35.4 Å². The van der Waals surface area contributed by atoms with Crippen molar-refractivity contribution in [3.05, 3.63) is 33.6 Å². The molecule has 2 atom stereocenters. The van der Waals surface area contributed by atoms with Crippen LogP contribution in [0.1, 0.15) is 13.8 Å². The molecule has 1 heterocycles. The van der Waals surface area contributed by atoms with Crippen LogP contribution in [0.3, 0.4) is 0 Å². The molecule has 136 valence electrons. The van der Waals surface area contributed by atoms with E-state index in [0.29, 0.717) is 15.9 Å². The van der Waals surface area contributed by atoms with Crippen LogP contribution in [0.5, 0.6) is 0 Å². The Morgan fingerprint density at radius 2 is 2.23 bits per heavy atom. The summed E-state index contributed by atoms with van der Waals surface area (Å²) < 4.78 is 1.30. The van der Waals surface area contributed by atoms with Gasteiger partial charge in [-0.1, -0.05) is 23.4 Å². The smallest absolute Gasteiger partial charge is 0.262 e. The second-order valence-corrected chi connectivity index (χ2v) is 7.20. The minimum atomic E-state index is -1.12. The van der Waals surface area contributed by atoms with Crippen LogP contribution in [0.2, 0.25) is 5.02 Å². The van der Waals surface area contributed by atoms with E-state index in [-0.39, 0.29) is 28.7 Å². The molecule has 1 aromatic heterocycles. The van der Waals surface area contributed by atoms with Gasteiger partial charge in [-0.3, -0.25) is 14.2 Å². The van der Waals surface area contributed by atoms with Crippen LogP contribution in [0, 0.1) is 22.7 Å². The molecule has 26 heavy (non-hydrogen) atoms. The summed E-state index contributed by atoms with van der Waals surface area (Å²) in [4.78, 5) is 29.3. The van der Waals surface area contributed by atoms with E-state index in [1.165, 1.54) is 11.5 Å². The number of ketones is 1. The number of fused-ring (bicyclic) bond motifs is 1. The molecule has 0 radical (unpaired) electrons. The molecule has 0 spiro atoms. The Bertz CT molecular complexity index is 965. The number of aliphatic hydroxyl groups excluding tert-OH is 1. The van der Waals surface area contributed by atoms with E-state index in [4.69, 9.17) is 22.3 Å². The number of Topliss-reactive ketones (excluding diaryl/α,β-unsaturated/α-hetero) is 1. The van der Waals surface area contributed by atoms with Gasteiger partial charge in [0.1, 0.15) is 5.92 Å². The van der Waals surface area contributed by atoms with Gasteiger partial charge in [-0.05, 0) is 32.0 Å². The van der Waals surface area contributed by atoms with Crippen LogP contribution >= 0.6 is 23.4 Å². The first-order valence-electron chi connectivity index (χ1n) is 7.73. The molecule has 9 heteroatoms. The number of aliphatic hydroxyl groups is 1. The van der Waals surface area contributed by atoms with E-state index in [0.717, 1.165) is 11.8 Å². The quantitative estimate of drug-likeness (QED) is 0.423. The standard InChI is InChI=1S/C17H17ClN4O3S/c1-9(23)7-22-16(25)12-4-3-11(18)5-14(12)21-17(22)26-8-15(24)13(6-19)10(2)20/h3-5,9,13,20,23H,7-8H2,1-2H3/t9-,13-/m0/s1. The van der Waals surface area contributed by atoms with Crippen LogP contribution in [0.4, 0.5) is 0 Å². The van der Waals surface area contributed by atoms with Crippen LogP contribution in [0.15, 0.2) is 28.2 Å². The van der Waals surface area contributed by atoms with Crippen molar-refractivity contribution in [2.45, 2.75) is 31.7 Å². The maximum absolute atomic E-state index is 12.7. The number of carbonyl (C=O) groups excluding carboxylic acids is 1. The Kier molecular flexibility index (Phi) is 6.53. The molecule has 0 unspecified atom stereocenters. The first kappa shape index (κ1) is 20.1. The number of thioether (sulfide) groups is 1. The van der Waals surface area contributed by atoms with Gasteiger partial charge in [-0.2, -0.15) is 5.26 Å². The molecule has 0 amide bonds. The number of nitrogens with one attached hydrogen (secondary N) is 1. The van der Waals surface area contributed by atoms with E-state index in [9.17, 15) is 14.7 Å². The number of rotatable bonds is 7. The SMILES string of the molecule is CC(=N)[C@H](C#N)C(=O)CSc1nc2cc(Cl)ccc2c(=O)n1C[C@H](C)O. The summed E-state index contributed by atoms with van der Waals surface area (Å²) in [6.07, 6.45) is -0.787. The first-order valence-corrected chi connectivity index (χ1v) is 9.09. The highest BCUT2D eigenvalue weighted by Crippen LogP contribution is 2.21. The molecule has 0 aliphatic carbocycles. The van der Waals surface area contributed by atoms with Gasteiger partial charge in [0.2, 0.25) is 0 Å². The molecule has 0 aliphatic heterocycles. The second-order valence-electron chi connectivity index (χ2n) is 5.82. The predicted molar refractivity (Wildman–Crippen MR) is 101 cm³/mol. The lowest BCUT2D eigenvalue weighted by Crippen LogP contribution is -2.28. The summed E-state index contributed by atoms with van der Waals surface area (Å²) in [6, 6.07) is 6.50. The largest absolute Gasteiger partial charge is 0.392 e. The van der Waals surface area contributed by atoms with Crippen molar-refractivity contribution in [2.75, 3.05) is 5.75 Å². The van der Waals surface area contributed by atoms with Crippen LogP contribution in [-0.2, 0) is 11.3 Å². The third kappa shape index (κ3) is 4.49. The van der Waals surface area contributed by atoms with Crippen molar-refractivity contribution in [3.8, 4) is 6.07 Å². The van der Waals surface area contributed by atoms with Gasteiger partial charge in [0.15, 0.2) is 10.9 Å². The lowest BCUT2D eigenvalue weighted by Gasteiger charge is -2.15. The van der Waals surface area contributed by atoms with Gasteiger partial charge in [-0.25, -0.2) is 4.98 Å². The summed E-state index contributed by atoms with van der Waals surface area (Å²) in [6.45, 7) is 2.96. The zero-order valence-corrected chi connectivity index (χ0v) is 15.8. The maximum Gasteiger partial charge on any atom is 0.262 e. The summed E-state index contributed by atoms with van der Waals surface area (Å²) in [5.41, 5.74) is 0.0136. The minimum Gasteiger partial charge on any atom is -0.392 e. The topological polar surface area (TPSA) is 120 Å². The molecule has 0 fully saturated rings. The summed E-state index contributed by atoms with van der Waals surface area (Å²) >= 11 is 6.95. The monoisotopic (exact) mass is 392 g/mol. The maximum atomic E-state index is 12.7. The number of benzene rings is 1. The Balaban J connectivity index is 2.44. The van der Waals surface area contributed by atoms with Crippen molar-refractivity contribution in [2.24, 2.45) is 5.92 Å². The molecule has 2 N–H and O–H groups in total. The van der Waals surface area contributed by atoms with E-state index in [2.05, 4.69) is 4.98 Å². The molecule has 2 rings (SSSR count). The summed E-state index contributed by atoms with van der Waals surface area (Å²) in [7, 11) is 0. The highest BCUT2D eigenvalue weighted by Gasteiger charge is 2.22. The summed E-state index contributed by atoms with van der Waals surface area (Å²) in [5, 5.41) is 27.2. The number of hydrogen-bond donors (Lipinski definition) is 2. The number of hydrogen-bond acceptors (Lipinski definition) is 7. The van der Waals surface area contributed by atoms with E-state index < -0.39 is 17.8 Å². The van der Waals surface area contributed by atoms with E-state index in [1.54, 1.807) is 31.2 Å². The van der Waals surface area contributed by atoms with Crippen LogP contribution in [0.25, 0.3) is 10.9 Å². The Hall–Kier alpha value is -2.21. The van der Waals surface area contributed by atoms with Crippen molar-refractivity contribution in [1.82, 2.24) is 9.55 Å². The van der Waals surface area contributed by atoms with Crippen molar-refractivity contribution >= 4 is 45.8 Å². The molecule has 2 aromatic rings. The second kappa shape index (κ2) is 8.45. The predicted octanol–water partition coefficient (Wildman–Crippen LogP) is 2.27. The van der Waals surface area contributed by atoms with Crippen LogP contribution in [-0.4, -0.2) is 38.0 Å². The zero-order chi connectivity index (χ0) is 19.4. The summed E-state index contributed by atoms with van der Waals surface area (Å²) in [5.74, 6) is -1.67. The lowest BCUT2D eigenvalue weighted by atomic mass is 10.0. The number of aromatic nitrogens is 2. The Labute approximate surface area is 159 Å². The average Bonchev–Trinajstić information content (AvgIpc) is 2.55. The fourth-order valence-electron chi connectivity index (χ4n) is 2.34. The molecular formula is C17H17ClN4O3S. The highest BCUT2D eigenvalue weighted by atomic mass is 35.5. The third-order valence-corrected chi connectivity index (χ3v) is 4.79. The molecule has 0 saturated heterocycles. The molecule has 0 saturated carbocycles. The lowest BCUT2D eigenvalue weighted by molar-refractivity contribution is -0.117. The number of nitrogens with zero attached hydrogens (tertiary/aromatic N) is 3. The van der Waals surface area contributed by atoms with Gasteiger partial charge < -0.3 is 10.5 Å². The van der Waals surface area contributed by atoms with E-state index in [1.807, 2.05) is 0 Å². The van der Waals surface area contributed by atoms with Gasteiger partial charge in [0, 0.05) is 10.7 Å². The first-order chi connectivity index (χ1) is 12.2. The molecule has 7 nitrogen and oxygen atoms in total. The minimum absolute atomic E-state index is 0.0200.